The molecule has 0 bridgehead atoms. The van der Waals surface area contributed by atoms with Crippen molar-refractivity contribution in [2.45, 2.75) is 0 Å². The second-order valence-corrected chi connectivity index (χ2v) is 2.98. The predicted molar refractivity (Wildman–Crippen MR) is 54.0 cm³/mol. The molecule has 0 saturated carbocycles. The minimum absolute atomic E-state index is 0.0137. The molecule has 0 atom stereocenters. The molecule has 0 unspecified atom stereocenters. The van der Waals surface area contributed by atoms with Crippen LogP contribution in [0.4, 0.5) is 0 Å². The van der Waals surface area contributed by atoms with Crippen molar-refractivity contribution in [3.8, 4) is 6.07 Å². The summed E-state index contributed by atoms with van der Waals surface area (Å²) in [5.41, 5.74) is 2.13. The van der Waals surface area contributed by atoms with Gasteiger partial charge in [-0.05, 0) is 18.2 Å². The molecule has 5 nitrogen and oxygen atoms in total. The summed E-state index contributed by atoms with van der Waals surface area (Å²) in [5, 5.41) is 10.8. The highest BCUT2D eigenvalue weighted by molar-refractivity contribution is 5.97. The molecule has 2 N–H and O–H groups in total. The van der Waals surface area contributed by atoms with Crippen molar-refractivity contribution in [1.29, 1.82) is 5.26 Å². The zero-order chi connectivity index (χ0) is 10.7. The molecule has 1 heterocycles. The summed E-state index contributed by atoms with van der Waals surface area (Å²) in [6.45, 7) is 0.0137. The van der Waals surface area contributed by atoms with Crippen LogP contribution in [-0.2, 0) is 0 Å². The van der Waals surface area contributed by atoms with Crippen molar-refractivity contribution in [2.24, 2.45) is 0 Å². The van der Waals surface area contributed by atoms with Gasteiger partial charge >= 0.3 is 0 Å². The summed E-state index contributed by atoms with van der Waals surface area (Å²) in [6.07, 6.45) is 1.57. The number of nitrogens with zero attached hydrogens (tertiary/aromatic N) is 2. The van der Waals surface area contributed by atoms with E-state index in [0.29, 0.717) is 5.56 Å². The van der Waals surface area contributed by atoms with Crippen LogP contribution in [0.25, 0.3) is 11.0 Å². The van der Waals surface area contributed by atoms with E-state index in [1.165, 1.54) is 0 Å². The molecule has 2 aromatic rings. The first-order valence-electron chi connectivity index (χ1n) is 4.39. The normalized spacial score (nSPS) is 9.80. The number of nitrogens with one attached hydrogen (secondary N) is 2. The number of aromatic amines is 1. The van der Waals surface area contributed by atoms with E-state index < -0.39 is 0 Å². The first kappa shape index (κ1) is 9.21. The van der Waals surface area contributed by atoms with Crippen LogP contribution in [0, 0.1) is 11.3 Å². The van der Waals surface area contributed by atoms with E-state index in [9.17, 15) is 4.79 Å². The van der Waals surface area contributed by atoms with Gasteiger partial charge in [-0.3, -0.25) is 4.79 Å². The van der Waals surface area contributed by atoms with Crippen molar-refractivity contribution >= 4 is 16.9 Å². The number of H-pyrrole nitrogens is 1. The van der Waals surface area contributed by atoms with Crippen LogP contribution in [0.5, 0.6) is 0 Å². The summed E-state index contributed by atoms with van der Waals surface area (Å²) in [6, 6.07) is 6.99. The zero-order valence-electron chi connectivity index (χ0n) is 7.82. The fourth-order valence-electron chi connectivity index (χ4n) is 1.30. The Kier molecular flexibility index (Phi) is 2.33. The topological polar surface area (TPSA) is 81.6 Å². The van der Waals surface area contributed by atoms with Crippen molar-refractivity contribution in [3.63, 3.8) is 0 Å². The van der Waals surface area contributed by atoms with E-state index in [4.69, 9.17) is 5.26 Å². The van der Waals surface area contributed by atoms with Crippen LogP contribution < -0.4 is 5.32 Å². The number of nitriles is 1. The maximum Gasteiger partial charge on any atom is 0.252 e. The number of aromatic nitrogens is 2. The van der Waals surface area contributed by atoms with E-state index >= 15 is 0 Å². The maximum absolute atomic E-state index is 11.5. The first-order valence-corrected chi connectivity index (χ1v) is 4.39. The quantitative estimate of drug-likeness (QED) is 0.704. The van der Waals surface area contributed by atoms with Gasteiger partial charge in [0.2, 0.25) is 0 Å². The lowest BCUT2D eigenvalue weighted by molar-refractivity contribution is 0.0958. The Balaban J connectivity index is 2.28. The molecular formula is C10H8N4O. The number of carbonyl (C=O) groups is 1. The fraction of sp³-hybridized carbons (Fsp3) is 0.100. The highest BCUT2D eigenvalue weighted by Crippen LogP contribution is 2.11. The second kappa shape index (κ2) is 3.80. The molecule has 0 radical (unpaired) electrons. The number of hydrogen-bond acceptors (Lipinski definition) is 3. The lowest BCUT2D eigenvalue weighted by atomic mass is 10.2. The molecule has 5 heteroatoms. The van der Waals surface area contributed by atoms with Gasteiger partial charge in [0, 0.05) is 5.56 Å². The highest BCUT2D eigenvalue weighted by Gasteiger charge is 2.05. The van der Waals surface area contributed by atoms with Gasteiger partial charge in [-0.2, -0.15) is 5.26 Å². The number of carbonyl (C=O) groups excluding carboxylic acids is 1. The third-order valence-electron chi connectivity index (χ3n) is 2.01. The Hall–Kier alpha value is -2.35. The standard InChI is InChI=1S/C10H8N4O/c11-3-4-12-10(15)7-1-2-8-9(5-7)14-6-13-8/h1-2,5-6H,4H2,(H,12,15)(H,13,14). The second-order valence-electron chi connectivity index (χ2n) is 2.98. The Labute approximate surface area is 85.7 Å². The third-order valence-corrected chi connectivity index (χ3v) is 2.01. The molecule has 0 spiro atoms. The van der Waals surface area contributed by atoms with Crippen molar-refractivity contribution < 1.29 is 4.79 Å². The number of imidazole rings is 1. The zero-order valence-corrected chi connectivity index (χ0v) is 7.82. The molecule has 1 aromatic heterocycles. The minimum atomic E-state index is -0.256. The van der Waals surface area contributed by atoms with Crippen LogP contribution in [0.15, 0.2) is 24.5 Å². The van der Waals surface area contributed by atoms with Crippen LogP contribution in [0.3, 0.4) is 0 Å². The first-order chi connectivity index (χ1) is 7.31. The van der Waals surface area contributed by atoms with Crippen molar-refractivity contribution in [1.82, 2.24) is 15.3 Å². The van der Waals surface area contributed by atoms with E-state index in [-0.39, 0.29) is 12.5 Å². The van der Waals surface area contributed by atoms with Crippen molar-refractivity contribution in [3.05, 3.63) is 30.1 Å². The van der Waals surface area contributed by atoms with Crippen LogP contribution in [0.2, 0.25) is 0 Å². The monoisotopic (exact) mass is 200 g/mol. The number of fused-ring (bicyclic) bond motifs is 1. The molecule has 2 rings (SSSR count). The smallest absolute Gasteiger partial charge is 0.252 e. The molecule has 15 heavy (non-hydrogen) atoms. The molecule has 0 fully saturated rings. The molecular weight excluding hydrogens is 192 g/mol. The van der Waals surface area contributed by atoms with E-state index in [1.807, 2.05) is 6.07 Å². The van der Waals surface area contributed by atoms with Crippen LogP contribution in [-0.4, -0.2) is 22.4 Å². The molecule has 74 valence electrons. The number of hydrogen-bond donors (Lipinski definition) is 2. The SMILES string of the molecule is N#CCNC(=O)c1ccc2nc[nH]c2c1. The van der Waals surface area contributed by atoms with Crippen molar-refractivity contribution in [2.75, 3.05) is 6.54 Å². The van der Waals surface area contributed by atoms with Gasteiger partial charge in [-0.15, -0.1) is 0 Å². The Morgan fingerprint density at radius 3 is 3.27 bits per heavy atom. The number of amides is 1. The summed E-state index contributed by atoms with van der Waals surface area (Å²) in [4.78, 5) is 18.4. The molecule has 0 aliphatic heterocycles. The highest BCUT2D eigenvalue weighted by atomic mass is 16.1. The fourth-order valence-corrected chi connectivity index (χ4v) is 1.30. The van der Waals surface area contributed by atoms with Gasteiger partial charge in [0.25, 0.3) is 5.91 Å². The van der Waals surface area contributed by atoms with Crippen LogP contribution in [0.1, 0.15) is 10.4 Å². The summed E-state index contributed by atoms with van der Waals surface area (Å²) < 4.78 is 0. The van der Waals surface area contributed by atoms with Gasteiger partial charge in [0.15, 0.2) is 0 Å². The lowest BCUT2D eigenvalue weighted by Gasteiger charge is -2.00. The van der Waals surface area contributed by atoms with Gasteiger partial charge in [0.1, 0.15) is 6.54 Å². The largest absolute Gasteiger partial charge is 0.345 e. The Morgan fingerprint density at radius 2 is 2.47 bits per heavy atom. The lowest BCUT2D eigenvalue weighted by Crippen LogP contribution is -2.23. The average molecular weight is 200 g/mol. The summed E-state index contributed by atoms with van der Waals surface area (Å²) >= 11 is 0. The number of benzene rings is 1. The molecule has 0 aliphatic carbocycles. The Morgan fingerprint density at radius 1 is 1.60 bits per heavy atom. The molecule has 0 aliphatic rings. The molecule has 1 aromatic carbocycles. The summed E-state index contributed by atoms with van der Waals surface area (Å²) in [7, 11) is 0. The number of rotatable bonds is 2. The Bertz CT molecular complexity index is 538. The summed E-state index contributed by atoms with van der Waals surface area (Å²) in [5.74, 6) is -0.256. The van der Waals surface area contributed by atoms with Gasteiger partial charge < -0.3 is 10.3 Å². The minimum Gasteiger partial charge on any atom is -0.345 e. The van der Waals surface area contributed by atoms with E-state index in [0.717, 1.165) is 11.0 Å². The van der Waals surface area contributed by atoms with Gasteiger partial charge in [-0.25, -0.2) is 4.98 Å². The van der Waals surface area contributed by atoms with Gasteiger partial charge in [0.05, 0.1) is 23.4 Å². The maximum atomic E-state index is 11.5. The average Bonchev–Trinajstić information content (AvgIpc) is 2.72. The van der Waals surface area contributed by atoms with Crippen LogP contribution >= 0.6 is 0 Å². The van der Waals surface area contributed by atoms with Gasteiger partial charge in [-0.1, -0.05) is 0 Å². The molecule has 1 amide bonds. The van der Waals surface area contributed by atoms with E-state index in [2.05, 4.69) is 15.3 Å². The van der Waals surface area contributed by atoms with E-state index in [1.54, 1.807) is 24.5 Å². The predicted octanol–water partition coefficient (Wildman–Crippen LogP) is 0.816. The third kappa shape index (κ3) is 1.79. The molecule has 0 saturated heterocycles.